The summed E-state index contributed by atoms with van der Waals surface area (Å²) >= 11 is 5.72. The number of amides is 1. The van der Waals surface area contributed by atoms with Crippen LogP contribution in [0.5, 0.6) is 0 Å². The molecule has 0 fully saturated rings. The SMILES string of the molecule is CCn1nc(C)c2ccn(CC(=O)NCc3ccc(F)c(Cl)c3)c(=O)c21. The van der Waals surface area contributed by atoms with E-state index in [-0.39, 0.29) is 29.6 Å². The monoisotopic (exact) mass is 376 g/mol. The van der Waals surface area contributed by atoms with Crippen LogP contribution >= 0.6 is 11.6 Å². The minimum Gasteiger partial charge on any atom is -0.350 e. The van der Waals surface area contributed by atoms with Crippen molar-refractivity contribution in [2.75, 3.05) is 0 Å². The van der Waals surface area contributed by atoms with E-state index in [0.29, 0.717) is 17.6 Å². The number of nitrogens with one attached hydrogen (secondary N) is 1. The predicted molar refractivity (Wildman–Crippen MR) is 97.7 cm³/mol. The molecule has 0 saturated heterocycles. The minimum atomic E-state index is -0.510. The summed E-state index contributed by atoms with van der Waals surface area (Å²) in [5, 5.41) is 7.83. The number of hydrogen-bond donors (Lipinski definition) is 1. The largest absolute Gasteiger partial charge is 0.350 e. The number of carbonyl (C=O) groups is 1. The molecule has 0 bridgehead atoms. The molecule has 1 aromatic carbocycles. The summed E-state index contributed by atoms with van der Waals surface area (Å²) in [5.41, 5.74) is 1.69. The van der Waals surface area contributed by atoms with E-state index in [1.165, 1.54) is 16.7 Å². The van der Waals surface area contributed by atoms with E-state index in [0.717, 1.165) is 11.1 Å². The molecule has 136 valence electrons. The fraction of sp³-hybridized carbons (Fsp3) is 0.278. The van der Waals surface area contributed by atoms with Gasteiger partial charge in [-0.15, -0.1) is 0 Å². The zero-order chi connectivity index (χ0) is 18.8. The predicted octanol–water partition coefficient (Wildman–Crippen LogP) is 2.64. The Morgan fingerprint density at radius 2 is 2.12 bits per heavy atom. The molecule has 3 rings (SSSR count). The first-order valence-electron chi connectivity index (χ1n) is 8.18. The van der Waals surface area contributed by atoms with Crippen LogP contribution in [0.2, 0.25) is 5.02 Å². The van der Waals surface area contributed by atoms with Gasteiger partial charge in [0.05, 0.1) is 10.7 Å². The van der Waals surface area contributed by atoms with E-state index in [2.05, 4.69) is 10.4 Å². The molecule has 0 aliphatic heterocycles. The van der Waals surface area contributed by atoms with E-state index < -0.39 is 5.82 Å². The molecule has 0 atom stereocenters. The van der Waals surface area contributed by atoms with Crippen molar-refractivity contribution in [3.8, 4) is 0 Å². The summed E-state index contributed by atoms with van der Waals surface area (Å²) in [6.07, 6.45) is 1.59. The van der Waals surface area contributed by atoms with Crippen molar-refractivity contribution in [2.24, 2.45) is 0 Å². The number of halogens is 2. The quantitative estimate of drug-likeness (QED) is 0.744. The fourth-order valence-electron chi connectivity index (χ4n) is 2.80. The highest BCUT2D eigenvalue weighted by atomic mass is 35.5. The number of carbonyl (C=O) groups excluding carboxylic acids is 1. The van der Waals surface area contributed by atoms with Crippen molar-refractivity contribution < 1.29 is 9.18 Å². The van der Waals surface area contributed by atoms with Gasteiger partial charge in [0.2, 0.25) is 5.91 Å². The molecule has 0 saturated carbocycles. The summed E-state index contributed by atoms with van der Waals surface area (Å²) in [6.45, 7) is 4.41. The van der Waals surface area contributed by atoms with Gasteiger partial charge in [0, 0.05) is 24.7 Å². The first-order valence-corrected chi connectivity index (χ1v) is 8.55. The van der Waals surface area contributed by atoms with Crippen molar-refractivity contribution >= 4 is 28.4 Å². The van der Waals surface area contributed by atoms with Gasteiger partial charge >= 0.3 is 0 Å². The number of nitrogens with zero attached hydrogens (tertiary/aromatic N) is 3. The van der Waals surface area contributed by atoms with Gasteiger partial charge in [0.1, 0.15) is 17.9 Å². The van der Waals surface area contributed by atoms with Crippen molar-refractivity contribution in [3.63, 3.8) is 0 Å². The summed E-state index contributed by atoms with van der Waals surface area (Å²) in [7, 11) is 0. The second-order valence-corrected chi connectivity index (χ2v) is 6.34. The highest BCUT2D eigenvalue weighted by Gasteiger charge is 2.13. The zero-order valence-corrected chi connectivity index (χ0v) is 15.2. The molecule has 3 aromatic rings. The average molecular weight is 377 g/mol. The second kappa shape index (κ2) is 7.29. The van der Waals surface area contributed by atoms with Crippen LogP contribution in [0.4, 0.5) is 4.39 Å². The highest BCUT2D eigenvalue weighted by molar-refractivity contribution is 6.30. The summed E-state index contributed by atoms with van der Waals surface area (Å²) in [4.78, 5) is 24.9. The normalized spacial score (nSPS) is 11.1. The Morgan fingerprint density at radius 1 is 1.35 bits per heavy atom. The molecule has 6 nitrogen and oxygen atoms in total. The van der Waals surface area contributed by atoms with Crippen LogP contribution in [0.25, 0.3) is 10.9 Å². The Kier molecular flexibility index (Phi) is 5.08. The maximum absolute atomic E-state index is 13.2. The lowest BCUT2D eigenvalue weighted by Gasteiger charge is -2.09. The third-order valence-electron chi connectivity index (χ3n) is 4.15. The molecule has 1 N–H and O–H groups in total. The first-order chi connectivity index (χ1) is 12.4. The minimum absolute atomic E-state index is 0.00150. The van der Waals surface area contributed by atoms with Crippen LogP contribution in [0.3, 0.4) is 0 Å². The summed E-state index contributed by atoms with van der Waals surface area (Å²) in [6, 6.07) is 6.04. The van der Waals surface area contributed by atoms with E-state index in [9.17, 15) is 14.0 Å². The van der Waals surface area contributed by atoms with Crippen LogP contribution in [-0.2, 0) is 24.4 Å². The summed E-state index contributed by atoms with van der Waals surface area (Å²) in [5.74, 6) is -0.837. The lowest BCUT2D eigenvalue weighted by atomic mass is 10.2. The molecule has 0 aliphatic rings. The van der Waals surface area contributed by atoms with Gasteiger partial charge in [0.25, 0.3) is 5.56 Å². The van der Waals surface area contributed by atoms with E-state index in [4.69, 9.17) is 11.6 Å². The lowest BCUT2D eigenvalue weighted by Crippen LogP contribution is -2.32. The van der Waals surface area contributed by atoms with Crippen molar-refractivity contribution in [1.29, 1.82) is 0 Å². The zero-order valence-electron chi connectivity index (χ0n) is 14.4. The molecule has 2 heterocycles. The molecule has 1 amide bonds. The maximum atomic E-state index is 13.2. The Hall–Kier alpha value is -2.67. The van der Waals surface area contributed by atoms with Crippen molar-refractivity contribution in [2.45, 2.75) is 33.5 Å². The van der Waals surface area contributed by atoms with Gasteiger partial charge in [-0.2, -0.15) is 5.10 Å². The Labute approximate surface area is 154 Å². The van der Waals surface area contributed by atoms with Crippen LogP contribution in [0.15, 0.2) is 35.3 Å². The van der Waals surface area contributed by atoms with E-state index >= 15 is 0 Å². The van der Waals surface area contributed by atoms with Gasteiger partial charge in [-0.05, 0) is 37.6 Å². The number of aromatic nitrogens is 3. The van der Waals surface area contributed by atoms with Crippen molar-refractivity contribution in [1.82, 2.24) is 19.7 Å². The number of hydrogen-bond acceptors (Lipinski definition) is 3. The molecule has 0 radical (unpaired) electrons. The second-order valence-electron chi connectivity index (χ2n) is 5.94. The van der Waals surface area contributed by atoms with Crippen LogP contribution in [0.1, 0.15) is 18.2 Å². The topological polar surface area (TPSA) is 68.9 Å². The molecule has 2 aromatic heterocycles. The molecular formula is C18H18ClFN4O2. The smallest absolute Gasteiger partial charge is 0.277 e. The number of rotatable bonds is 5. The maximum Gasteiger partial charge on any atom is 0.277 e. The average Bonchev–Trinajstić information content (AvgIpc) is 2.95. The molecule has 0 spiro atoms. The summed E-state index contributed by atoms with van der Waals surface area (Å²) < 4.78 is 16.1. The third-order valence-corrected chi connectivity index (χ3v) is 4.44. The van der Waals surface area contributed by atoms with Gasteiger partial charge in [-0.1, -0.05) is 17.7 Å². The van der Waals surface area contributed by atoms with Gasteiger partial charge < -0.3 is 9.88 Å². The standard InChI is InChI=1S/C18H18ClFN4O2/c1-3-24-17-13(11(2)22-24)6-7-23(18(17)26)10-16(25)21-9-12-4-5-15(20)14(19)8-12/h4-8H,3,9-10H2,1-2H3,(H,21,25). The molecular weight excluding hydrogens is 359 g/mol. The third kappa shape index (κ3) is 3.48. The van der Waals surface area contributed by atoms with Crippen molar-refractivity contribution in [3.05, 3.63) is 62.9 Å². The van der Waals surface area contributed by atoms with Gasteiger partial charge in [-0.25, -0.2) is 4.39 Å². The molecule has 0 unspecified atom stereocenters. The van der Waals surface area contributed by atoms with Crippen LogP contribution in [-0.4, -0.2) is 20.3 Å². The van der Waals surface area contributed by atoms with E-state index in [1.807, 2.05) is 13.8 Å². The lowest BCUT2D eigenvalue weighted by molar-refractivity contribution is -0.121. The number of aryl methyl sites for hydroxylation is 2. The number of benzene rings is 1. The van der Waals surface area contributed by atoms with Gasteiger partial charge in [0.15, 0.2) is 0 Å². The Bertz CT molecular complexity index is 1040. The Morgan fingerprint density at radius 3 is 2.81 bits per heavy atom. The first kappa shape index (κ1) is 18.1. The molecule has 8 heteroatoms. The number of pyridine rings is 1. The highest BCUT2D eigenvalue weighted by Crippen LogP contribution is 2.16. The van der Waals surface area contributed by atoms with Crippen LogP contribution < -0.4 is 10.9 Å². The van der Waals surface area contributed by atoms with E-state index in [1.54, 1.807) is 23.0 Å². The molecule has 0 aliphatic carbocycles. The van der Waals surface area contributed by atoms with Crippen LogP contribution in [0, 0.1) is 12.7 Å². The fourth-order valence-corrected chi connectivity index (χ4v) is 3.01. The van der Waals surface area contributed by atoms with Gasteiger partial charge in [-0.3, -0.25) is 14.3 Å². The molecule has 26 heavy (non-hydrogen) atoms. The number of fused-ring (bicyclic) bond motifs is 1. The Balaban J connectivity index is 1.76.